The maximum Gasteiger partial charge on any atom is 0.0621 e. The third kappa shape index (κ3) is 28.6. The molecule has 0 aliphatic carbocycles. The van der Waals surface area contributed by atoms with Crippen molar-refractivity contribution < 1.29 is 0 Å². The van der Waals surface area contributed by atoms with E-state index in [1.54, 1.807) is 0 Å². The van der Waals surface area contributed by atoms with Crippen molar-refractivity contribution in [3.05, 3.63) is 0 Å². The molecule has 1 N–H and O–H groups in total. The van der Waals surface area contributed by atoms with E-state index < -0.39 is 0 Å². The molecule has 1 saturated heterocycles. The van der Waals surface area contributed by atoms with Gasteiger partial charge in [-0.25, -0.2) is 0 Å². The van der Waals surface area contributed by atoms with Gasteiger partial charge in [0.1, 0.15) is 0 Å². The van der Waals surface area contributed by atoms with Crippen molar-refractivity contribution in [1.82, 2.24) is 15.1 Å². The minimum absolute atomic E-state index is 0.689. The van der Waals surface area contributed by atoms with Gasteiger partial charge in [0.2, 0.25) is 0 Å². The van der Waals surface area contributed by atoms with Crippen LogP contribution in [-0.2, 0) is 0 Å². The van der Waals surface area contributed by atoms with Crippen LogP contribution in [0.5, 0.6) is 0 Å². The van der Waals surface area contributed by atoms with Crippen LogP contribution in [0.2, 0.25) is 0 Å². The summed E-state index contributed by atoms with van der Waals surface area (Å²) >= 11 is 0. The summed E-state index contributed by atoms with van der Waals surface area (Å²) in [5.41, 5.74) is 0. The van der Waals surface area contributed by atoms with E-state index in [-0.39, 0.29) is 0 Å². The highest BCUT2D eigenvalue weighted by Crippen LogP contribution is 2.20. The molecule has 270 valence electrons. The molecular formula is C42H87N3. The molecule has 1 unspecified atom stereocenters. The van der Waals surface area contributed by atoms with Gasteiger partial charge < -0.3 is 5.32 Å². The van der Waals surface area contributed by atoms with E-state index in [0.29, 0.717) is 6.17 Å². The van der Waals surface area contributed by atoms with Crippen molar-refractivity contribution in [1.29, 1.82) is 0 Å². The van der Waals surface area contributed by atoms with Crippen LogP contribution in [0.15, 0.2) is 0 Å². The number of nitrogens with zero attached hydrogens (tertiary/aromatic N) is 2. The molecular weight excluding hydrogens is 546 g/mol. The summed E-state index contributed by atoms with van der Waals surface area (Å²) in [6.07, 6.45) is 48.6. The molecule has 3 nitrogen and oxygen atoms in total. The summed E-state index contributed by atoms with van der Waals surface area (Å²) in [6.45, 7) is 10.7. The van der Waals surface area contributed by atoms with E-state index in [2.05, 4.69) is 36.0 Å². The molecule has 0 amide bonds. The molecule has 1 rings (SSSR count). The summed E-state index contributed by atoms with van der Waals surface area (Å²) in [4.78, 5) is 5.37. The first-order valence-corrected chi connectivity index (χ1v) is 21.4. The van der Waals surface area contributed by atoms with Gasteiger partial charge in [-0.15, -0.1) is 0 Å². The molecule has 1 fully saturated rings. The lowest BCUT2D eigenvalue weighted by molar-refractivity contribution is 0.146. The maximum absolute atomic E-state index is 3.76. The second kappa shape index (κ2) is 35.2. The molecule has 0 aromatic heterocycles. The zero-order chi connectivity index (χ0) is 32.3. The van der Waals surface area contributed by atoms with E-state index in [0.717, 1.165) is 0 Å². The van der Waals surface area contributed by atoms with Crippen LogP contribution in [0.3, 0.4) is 0 Å². The van der Waals surface area contributed by atoms with Gasteiger partial charge in [-0.3, -0.25) is 9.80 Å². The van der Waals surface area contributed by atoms with Crippen LogP contribution < -0.4 is 5.32 Å². The molecule has 0 radical (unpaired) electrons. The predicted molar refractivity (Wildman–Crippen MR) is 205 cm³/mol. The van der Waals surface area contributed by atoms with E-state index >= 15 is 0 Å². The lowest BCUT2D eigenvalue weighted by Crippen LogP contribution is -2.40. The highest BCUT2D eigenvalue weighted by molar-refractivity contribution is 4.80. The van der Waals surface area contributed by atoms with Crippen LogP contribution in [0.25, 0.3) is 0 Å². The average molecular weight is 634 g/mol. The second-order valence-electron chi connectivity index (χ2n) is 15.1. The fourth-order valence-corrected chi connectivity index (χ4v) is 7.55. The van der Waals surface area contributed by atoms with Gasteiger partial charge in [-0.05, 0) is 26.4 Å². The van der Waals surface area contributed by atoms with Crippen LogP contribution in [0.4, 0.5) is 0 Å². The third-order valence-corrected chi connectivity index (χ3v) is 10.8. The summed E-state index contributed by atoms with van der Waals surface area (Å²) < 4.78 is 0. The fraction of sp³-hybridized carbons (Fsp3) is 1.00. The molecule has 0 spiro atoms. The van der Waals surface area contributed by atoms with Crippen molar-refractivity contribution in [3.8, 4) is 0 Å². The molecule has 3 heteroatoms. The monoisotopic (exact) mass is 634 g/mol. The zero-order valence-electron chi connectivity index (χ0n) is 31.8. The Hall–Kier alpha value is -0.120. The van der Waals surface area contributed by atoms with Crippen LogP contribution in [0, 0.1) is 0 Å². The van der Waals surface area contributed by atoms with Crippen LogP contribution in [0.1, 0.15) is 226 Å². The average Bonchev–Trinajstić information content (AvgIpc) is 3.40. The van der Waals surface area contributed by atoms with E-state index in [1.807, 2.05) is 0 Å². The summed E-state index contributed by atoms with van der Waals surface area (Å²) in [7, 11) is 2.35. The van der Waals surface area contributed by atoms with E-state index in [9.17, 15) is 0 Å². The Morgan fingerprint density at radius 1 is 0.400 bits per heavy atom. The number of unbranched alkanes of at least 4 members (excludes halogenated alkanes) is 30. The van der Waals surface area contributed by atoms with Crippen LogP contribution >= 0.6 is 0 Å². The van der Waals surface area contributed by atoms with Crippen molar-refractivity contribution >= 4 is 0 Å². The fourth-order valence-electron chi connectivity index (χ4n) is 7.55. The molecule has 45 heavy (non-hydrogen) atoms. The highest BCUT2D eigenvalue weighted by Gasteiger charge is 2.27. The van der Waals surface area contributed by atoms with Gasteiger partial charge in [0.05, 0.1) is 6.17 Å². The van der Waals surface area contributed by atoms with Crippen molar-refractivity contribution in [2.45, 2.75) is 232 Å². The second-order valence-corrected chi connectivity index (χ2v) is 15.1. The molecule has 1 heterocycles. The lowest BCUT2D eigenvalue weighted by atomic mass is 10.0. The topological polar surface area (TPSA) is 18.5 Å². The van der Waals surface area contributed by atoms with E-state index in [1.165, 1.54) is 245 Å². The normalized spacial score (nSPS) is 15.9. The Kier molecular flexibility index (Phi) is 33.6. The first-order chi connectivity index (χ1) is 22.3. The Morgan fingerprint density at radius 2 is 0.733 bits per heavy atom. The Balaban J connectivity index is 1.82. The lowest BCUT2D eigenvalue weighted by Gasteiger charge is -2.28. The molecule has 0 aromatic carbocycles. The van der Waals surface area contributed by atoms with Crippen molar-refractivity contribution in [2.24, 2.45) is 0 Å². The number of nitrogens with one attached hydrogen (secondary N) is 1. The Bertz CT molecular complexity index is 552. The standard InChI is InChI=1S/C42H87N3/c1-4-6-8-10-12-14-16-18-20-22-24-26-28-30-32-34-36-42-44(3)40-41-45(42)39-38-43-37-35-33-31-29-27-25-23-21-19-17-15-13-11-9-7-5-2/h42-43H,4-41H2,1-3H3. The minimum Gasteiger partial charge on any atom is -0.315 e. The Labute approximate surface area is 286 Å². The quantitative estimate of drug-likeness (QED) is 0.0687. The van der Waals surface area contributed by atoms with Crippen molar-refractivity contribution in [2.75, 3.05) is 39.8 Å². The maximum atomic E-state index is 3.76. The predicted octanol–water partition coefficient (Wildman–Crippen LogP) is 13.1. The molecule has 1 aliphatic rings. The number of rotatable bonds is 37. The summed E-state index contributed by atoms with van der Waals surface area (Å²) in [5, 5.41) is 3.76. The van der Waals surface area contributed by atoms with Crippen molar-refractivity contribution in [3.63, 3.8) is 0 Å². The molecule has 0 bridgehead atoms. The molecule has 1 aliphatic heterocycles. The van der Waals surface area contributed by atoms with E-state index in [4.69, 9.17) is 0 Å². The zero-order valence-corrected chi connectivity index (χ0v) is 31.8. The summed E-state index contributed by atoms with van der Waals surface area (Å²) in [6, 6.07) is 0. The third-order valence-electron chi connectivity index (χ3n) is 10.8. The van der Waals surface area contributed by atoms with Gasteiger partial charge in [-0.2, -0.15) is 0 Å². The van der Waals surface area contributed by atoms with Gasteiger partial charge in [0.25, 0.3) is 0 Å². The molecule has 0 saturated carbocycles. The minimum atomic E-state index is 0.689. The SMILES string of the molecule is CCCCCCCCCCCCCCCCCCNCCN1CCN(C)C1CCCCCCCCCCCCCCCCCC. The Morgan fingerprint density at radius 3 is 1.11 bits per heavy atom. The van der Waals surface area contributed by atoms with Crippen LogP contribution in [-0.4, -0.2) is 55.7 Å². The van der Waals surface area contributed by atoms with Gasteiger partial charge in [-0.1, -0.05) is 213 Å². The van der Waals surface area contributed by atoms with Gasteiger partial charge in [0.15, 0.2) is 0 Å². The largest absolute Gasteiger partial charge is 0.315 e. The number of likely N-dealkylation sites (N-methyl/N-ethyl adjacent to an activating group) is 1. The molecule has 1 atom stereocenters. The molecule has 0 aromatic rings. The highest BCUT2D eigenvalue weighted by atomic mass is 15.4. The van der Waals surface area contributed by atoms with Gasteiger partial charge >= 0.3 is 0 Å². The number of hydrogen-bond donors (Lipinski definition) is 1. The summed E-state index contributed by atoms with van der Waals surface area (Å²) in [5.74, 6) is 0. The first kappa shape index (κ1) is 42.9. The number of hydrogen-bond acceptors (Lipinski definition) is 3. The smallest absolute Gasteiger partial charge is 0.0621 e. The first-order valence-electron chi connectivity index (χ1n) is 21.4. The van der Waals surface area contributed by atoms with Gasteiger partial charge in [0, 0.05) is 26.2 Å².